The van der Waals surface area contributed by atoms with Crippen LogP contribution >= 0.6 is 0 Å². The van der Waals surface area contributed by atoms with Gasteiger partial charge in [-0.05, 0) is 17.5 Å². The highest BCUT2D eigenvalue weighted by Crippen LogP contribution is 2.29. The number of morpholine rings is 1. The topological polar surface area (TPSA) is 96.5 Å². The highest BCUT2D eigenvalue weighted by atomic mass is 16.5. The Morgan fingerprint density at radius 3 is 2.76 bits per heavy atom. The Hall–Kier alpha value is -3.04. The summed E-state index contributed by atoms with van der Waals surface area (Å²) < 4.78 is 10.9. The molecule has 0 saturated carbocycles. The number of rotatable bonds is 5. The van der Waals surface area contributed by atoms with Crippen molar-refractivity contribution < 1.29 is 9.47 Å². The quantitative estimate of drug-likeness (QED) is 0.632. The molecule has 0 bridgehead atoms. The lowest BCUT2D eigenvalue weighted by Gasteiger charge is -2.29. The molecule has 0 spiro atoms. The zero-order chi connectivity index (χ0) is 22.9. The lowest BCUT2D eigenvalue weighted by atomic mass is 9.98. The third kappa shape index (κ3) is 4.43. The molecule has 2 aliphatic rings. The van der Waals surface area contributed by atoms with E-state index >= 15 is 0 Å². The number of fused-ring (bicyclic) bond motifs is 2. The van der Waals surface area contributed by atoms with Crippen LogP contribution in [0.4, 0.5) is 5.95 Å². The second-order valence-electron chi connectivity index (χ2n) is 8.97. The first-order valence-corrected chi connectivity index (χ1v) is 11.5. The van der Waals surface area contributed by atoms with Crippen LogP contribution in [-0.4, -0.2) is 64.8 Å². The van der Waals surface area contributed by atoms with Crippen LogP contribution in [0.5, 0.6) is 5.75 Å². The van der Waals surface area contributed by atoms with Gasteiger partial charge in [0.2, 0.25) is 5.95 Å². The summed E-state index contributed by atoms with van der Waals surface area (Å²) in [5, 5.41) is 0.628. The molecule has 2 aromatic heterocycles. The number of hydrogen-bond donors (Lipinski definition) is 1. The first kappa shape index (κ1) is 21.8. The Bertz CT molecular complexity index is 1220. The van der Waals surface area contributed by atoms with Gasteiger partial charge < -0.3 is 14.4 Å². The van der Waals surface area contributed by atoms with Crippen molar-refractivity contribution in [1.82, 2.24) is 24.8 Å². The average molecular weight is 451 g/mol. The molecule has 2 aliphatic heterocycles. The van der Waals surface area contributed by atoms with E-state index in [1.165, 1.54) is 0 Å². The third-order valence-electron chi connectivity index (χ3n) is 6.41. The van der Waals surface area contributed by atoms with Crippen LogP contribution < -0.4 is 15.2 Å². The van der Waals surface area contributed by atoms with Gasteiger partial charge in [0.05, 0.1) is 43.5 Å². The van der Waals surface area contributed by atoms with Gasteiger partial charge in [-0.15, -0.1) is 0 Å². The number of ether oxygens (including phenoxy) is 2. The second kappa shape index (κ2) is 9.07. The van der Waals surface area contributed by atoms with Crippen LogP contribution in [-0.2, 0) is 24.2 Å². The Morgan fingerprint density at radius 1 is 1.18 bits per heavy atom. The molecule has 1 saturated heterocycles. The summed E-state index contributed by atoms with van der Waals surface area (Å²) in [7, 11) is 1.63. The summed E-state index contributed by atoms with van der Waals surface area (Å²) in [5.41, 5.74) is 3.62. The molecule has 1 N–H and O–H groups in total. The van der Waals surface area contributed by atoms with E-state index in [2.05, 4.69) is 33.6 Å². The zero-order valence-electron chi connectivity index (χ0n) is 19.4. The number of hydrogen-bond acceptors (Lipinski definition) is 8. The second-order valence-corrected chi connectivity index (χ2v) is 8.97. The molecule has 1 fully saturated rings. The van der Waals surface area contributed by atoms with Gasteiger partial charge in [-0.25, -0.2) is 15.0 Å². The number of methoxy groups -OCH3 is 1. The summed E-state index contributed by atoms with van der Waals surface area (Å²) in [6, 6.07) is 3.76. The molecule has 4 heterocycles. The number of H-pyrrole nitrogens is 1. The van der Waals surface area contributed by atoms with E-state index in [9.17, 15) is 4.79 Å². The maximum atomic E-state index is 13.0. The molecule has 33 heavy (non-hydrogen) atoms. The fourth-order valence-corrected chi connectivity index (χ4v) is 4.56. The van der Waals surface area contributed by atoms with Gasteiger partial charge in [0.15, 0.2) is 0 Å². The molecule has 5 rings (SSSR count). The smallest absolute Gasteiger partial charge is 0.260 e. The van der Waals surface area contributed by atoms with Gasteiger partial charge in [-0.3, -0.25) is 14.7 Å². The van der Waals surface area contributed by atoms with Crippen molar-refractivity contribution in [3.8, 4) is 5.75 Å². The van der Waals surface area contributed by atoms with E-state index in [-0.39, 0.29) is 11.5 Å². The SMILES string of the molecule is COc1cc(C(C)C)c2c(=O)[nH]c(N3CCc4nc(CN5CCOCC5)ncc4C3)nc2c1. The highest BCUT2D eigenvalue weighted by molar-refractivity contribution is 5.84. The summed E-state index contributed by atoms with van der Waals surface area (Å²) in [4.78, 5) is 34.7. The molecule has 0 radical (unpaired) electrons. The fraction of sp³-hybridized carbons (Fsp3) is 0.500. The molecule has 0 aliphatic carbocycles. The number of nitrogens with zero attached hydrogens (tertiary/aromatic N) is 5. The maximum absolute atomic E-state index is 13.0. The Kier molecular flexibility index (Phi) is 5.99. The fourth-order valence-electron chi connectivity index (χ4n) is 4.56. The van der Waals surface area contributed by atoms with Crippen molar-refractivity contribution in [2.45, 2.75) is 39.3 Å². The first-order chi connectivity index (χ1) is 16.0. The number of aromatic nitrogens is 4. The number of aromatic amines is 1. The van der Waals surface area contributed by atoms with Crippen molar-refractivity contribution in [2.75, 3.05) is 44.9 Å². The molecule has 0 atom stereocenters. The van der Waals surface area contributed by atoms with Crippen LogP contribution in [0.1, 0.15) is 42.4 Å². The summed E-state index contributed by atoms with van der Waals surface area (Å²) >= 11 is 0. The summed E-state index contributed by atoms with van der Waals surface area (Å²) in [6.45, 7) is 9.59. The monoisotopic (exact) mass is 450 g/mol. The molecule has 0 amide bonds. The van der Waals surface area contributed by atoms with E-state index in [4.69, 9.17) is 19.4 Å². The minimum Gasteiger partial charge on any atom is -0.497 e. The van der Waals surface area contributed by atoms with Gasteiger partial charge in [0.25, 0.3) is 5.56 Å². The predicted octanol–water partition coefficient (Wildman–Crippen LogP) is 2.24. The van der Waals surface area contributed by atoms with E-state index in [1.54, 1.807) is 7.11 Å². The van der Waals surface area contributed by atoms with E-state index < -0.39 is 0 Å². The normalized spacial score (nSPS) is 16.9. The number of anilines is 1. The minimum atomic E-state index is -0.121. The van der Waals surface area contributed by atoms with Crippen LogP contribution in [0.25, 0.3) is 10.9 Å². The van der Waals surface area contributed by atoms with Crippen molar-refractivity contribution in [1.29, 1.82) is 0 Å². The van der Waals surface area contributed by atoms with E-state index in [0.29, 0.717) is 29.1 Å². The van der Waals surface area contributed by atoms with Gasteiger partial charge in [0, 0.05) is 50.4 Å². The largest absolute Gasteiger partial charge is 0.497 e. The highest BCUT2D eigenvalue weighted by Gasteiger charge is 2.23. The molecule has 174 valence electrons. The molecule has 0 unspecified atom stereocenters. The molecule has 3 aromatic rings. The van der Waals surface area contributed by atoms with Gasteiger partial charge in [-0.2, -0.15) is 0 Å². The van der Waals surface area contributed by atoms with Crippen molar-refractivity contribution >= 4 is 16.9 Å². The van der Waals surface area contributed by atoms with Crippen LogP contribution in [0.3, 0.4) is 0 Å². The van der Waals surface area contributed by atoms with E-state index in [1.807, 2.05) is 18.3 Å². The zero-order valence-corrected chi connectivity index (χ0v) is 19.4. The van der Waals surface area contributed by atoms with E-state index in [0.717, 1.165) is 68.5 Å². The van der Waals surface area contributed by atoms with Gasteiger partial charge >= 0.3 is 0 Å². The lowest BCUT2D eigenvalue weighted by Crippen LogP contribution is -2.37. The summed E-state index contributed by atoms with van der Waals surface area (Å²) in [5.74, 6) is 2.32. The third-order valence-corrected chi connectivity index (χ3v) is 6.41. The number of benzene rings is 1. The first-order valence-electron chi connectivity index (χ1n) is 11.5. The molecular weight excluding hydrogens is 420 g/mol. The van der Waals surface area contributed by atoms with Crippen LogP contribution in [0, 0.1) is 0 Å². The average Bonchev–Trinajstić information content (AvgIpc) is 2.83. The predicted molar refractivity (Wildman–Crippen MR) is 126 cm³/mol. The maximum Gasteiger partial charge on any atom is 0.260 e. The molecular formula is C24H30N6O3. The van der Waals surface area contributed by atoms with Crippen LogP contribution in [0.15, 0.2) is 23.1 Å². The number of nitrogens with one attached hydrogen (secondary N) is 1. The Labute approximate surface area is 192 Å². The summed E-state index contributed by atoms with van der Waals surface area (Å²) in [6.07, 6.45) is 2.70. The van der Waals surface area contributed by atoms with Gasteiger partial charge in [-0.1, -0.05) is 13.8 Å². The molecule has 9 heteroatoms. The Morgan fingerprint density at radius 2 is 2.00 bits per heavy atom. The standard InChI is InChI=1S/C24H30N6O3/c1-15(2)18-10-17(32-3)11-20-22(18)23(31)28-24(27-20)30-5-4-19-16(13-30)12-25-21(26-19)14-29-6-8-33-9-7-29/h10-12,15H,4-9,13-14H2,1-3H3,(H,27,28,31). The Balaban J connectivity index is 1.41. The van der Waals surface area contributed by atoms with Crippen molar-refractivity contribution in [3.63, 3.8) is 0 Å². The molecule has 1 aromatic carbocycles. The van der Waals surface area contributed by atoms with Crippen molar-refractivity contribution in [2.24, 2.45) is 0 Å². The van der Waals surface area contributed by atoms with Gasteiger partial charge in [0.1, 0.15) is 11.6 Å². The molecule has 9 nitrogen and oxygen atoms in total. The minimum absolute atomic E-state index is 0.121. The van der Waals surface area contributed by atoms with Crippen LogP contribution in [0.2, 0.25) is 0 Å². The van der Waals surface area contributed by atoms with Crippen molar-refractivity contribution in [3.05, 3.63) is 51.3 Å². The lowest BCUT2D eigenvalue weighted by molar-refractivity contribution is 0.0330.